The number of hydrogen-bond acceptors (Lipinski definition) is 2. The summed E-state index contributed by atoms with van der Waals surface area (Å²) in [6.45, 7) is 8.93. The van der Waals surface area contributed by atoms with Crippen LogP contribution in [0.4, 0.5) is 10.5 Å². The van der Waals surface area contributed by atoms with Crippen LogP contribution in [-0.4, -0.2) is 39.4 Å². The smallest absolute Gasteiger partial charge is 0.322 e. The molecule has 3 amide bonds. The second-order valence-corrected chi connectivity index (χ2v) is 8.24. The third-order valence-corrected chi connectivity index (χ3v) is 5.69. The Balaban J connectivity index is 1.75. The zero-order valence-electron chi connectivity index (χ0n) is 19.6. The summed E-state index contributed by atoms with van der Waals surface area (Å²) in [4.78, 5) is 29.6. The molecule has 3 rings (SSSR count). The molecule has 0 radical (unpaired) electrons. The number of nitrogens with zero attached hydrogens (tertiary/aromatic N) is 3. The van der Waals surface area contributed by atoms with Crippen molar-refractivity contribution in [1.82, 2.24) is 14.4 Å². The van der Waals surface area contributed by atoms with E-state index in [0.29, 0.717) is 18.8 Å². The summed E-state index contributed by atoms with van der Waals surface area (Å²) in [5.41, 5.74) is 5.01. The van der Waals surface area contributed by atoms with Crippen LogP contribution >= 0.6 is 0 Å². The number of nitrogens with one attached hydrogen (secondary N) is 1. The third kappa shape index (κ3) is 6.59. The van der Waals surface area contributed by atoms with E-state index in [1.807, 2.05) is 92.3 Å². The van der Waals surface area contributed by atoms with E-state index in [9.17, 15) is 9.59 Å². The molecule has 3 aromatic rings. The fourth-order valence-electron chi connectivity index (χ4n) is 3.55. The Hall–Kier alpha value is -3.80. The van der Waals surface area contributed by atoms with E-state index in [1.54, 1.807) is 11.0 Å². The SMILES string of the molecule is C=CCN(CC(=O)N(Cc1ccccc1)Cc1cccn1C)C(=O)Nc1ccc(C)c(C)c1. The van der Waals surface area contributed by atoms with Gasteiger partial charge >= 0.3 is 6.03 Å². The predicted octanol–water partition coefficient (Wildman–Crippen LogP) is 4.89. The Morgan fingerprint density at radius 2 is 1.73 bits per heavy atom. The lowest BCUT2D eigenvalue weighted by atomic mass is 10.1. The Morgan fingerprint density at radius 3 is 2.36 bits per heavy atom. The number of rotatable bonds is 9. The second-order valence-electron chi connectivity index (χ2n) is 8.24. The van der Waals surface area contributed by atoms with Gasteiger partial charge in [0.05, 0.1) is 6.54 Å². The molecular formula is C27H32N4O2. The van der Waals surface area contributed by atoms with Gasteiger partial charge in [0.2, 0.25) is 5.91 Å². The fraction of sp³-hybridized carbons (Fsp3) is 0.259. The maximum Gasteiger partial charge on any atom is 0.322 e. The van der Waals surface area contributed by atoms with Gasteiger partial charge in [0.1, 0.15) is 6.54 Å². The number of aromatic nitrogens is 1. The summed E-state index contributed by atoms with van der Waals surface area (Å²) in [6, 6.07) is 19.3. The molecule has 0 unspecified atom stereocenters. The van der Waals surface area contributed by atoms with Crippen molar-refractivity contribution in [1.29, 1.82) is 0 Å². The van der Waals surface area contributed by atoms with E-state index in [1.165, 1.54) is 4.90 Å². The van der Waals surface area contributed by atoms with Crippen molar-refractivity contribution in [2.24, 2.45) is 7.05 Å². The summed E-state index contributed by atoms with van der Waals surface area (Å²) in [7, 11) is 1.96. The van der Waals surface area contributed by atoms with Crippen LogP contribution in [0.25, 0.3) is 0 Å². The molecule has 33 heavy (non-hydrogen) atoms. The molecule has 2 aromatic carbocycles. The van der Waals surface area contributed by atoms with Crippen molar-refractivity contribution in [3.05, 3.63) is 102 Å². The number of anilines is 1. The first-order valence-corrected chi connectivity index (χ1v) is 11.0. The van der Waals surface area contributed by atoms with Crippen molar-refractivity contribution in [2.75, 3.05) is 18.4 Å². The first-order valence-electron chi connectivity index (χ1n) is 11.0. The van der Waals surface area contributed by atoms with Crippen LogP contribution in [0.5, 0.6) is 0 Å². The number of carbonyl (C=O) groups is 2. The van der Waals surface area contributed by atoms with E-state index in [2.05, 4.69) is 11.9 Å². The molecule has 6 heteroatoms. The van der Waals surface area contributed by atoms with Gasteiger partial charge in [-0.25, -0.2) is 4.79 Å². The number of amides is 3. The third-order valence-electron chi connectivity index (χ3n) is 5.69. The Bertz CT molecular complexity index is 1100. The summed E-state index contributed by atoms with van der Waals surface area (Å²) < 4.78 is 2.00. The van der Waals surface area contributed by atoms with Crippen LogP contribution in [0.1, 0.15) is 22.4 Å². The topological polar surface area (TPSA) is 57.6 Å². The molecule has 0 aliphatic carbocycles. The van der Waals surface area contributed by atoms with Gasteiger partial charge in [-0.1, -0.05) is 42.5 Å². The van der Waals surface area contributed by atoms with Crippen LogP contribution < -0.4 is 5.32 Å². The Morgan fingerprint density at radius 1 is 0.970 bits per heavy atom. The average Bonchev–Trinajstić information content (AvgIpc) is 3.20. The molecular weight excluding hydrogens is 412 g/mol. The molecule has 172 valence electrons. The van der Waals surface area contributed by atoms with Crippen molar-refractivity contribution in [3.63, 3.8) is 0 Å². The molecule has 0 fully saturated rings. The molecule has 0 aliphatic heterocycles. The summed E-state index contributed by atoms with van der Waals surface area (Å²) in [6.07, 6.45) is 3.59. The van der Waals surface area contributed by atoms with Gasteiger partial charge in [0, 0.05) is 37.7 Å². The van der Waals surface area contributed by atoms with Gasteiger partial charge in [-0.2, -0.15) is 0 Å². The first kappa shape index (κ1) is 23.9. The van der Waals surface area contributed by atoms with Crippen molar-refractivity contribution in [2.45, 2.75) is 26.9 Å². The Labute approximate surface area is 196 Å². The predicted molar refractivity (Wildman–Crippen MR) is 133 cm³/mol. The van der Waals surface area contributed by atoms with Crippen molar-refractivity contribution < 1.29 is 9.59 Å². The number of hydrogen-bond donors (Lipinski definition) is 1. The van der Waals surface area contributed by atoms with Gasteiger partial charge < -0.3 is 19.7 Å². The molecule has 1 N–H and O–H groups in total. The van der Waals surface area contributed by atoms with Crippen LogP contribution in [0, 0.1) is 13.8 Å². The molecule has 6 nitrogen and oxygen atoms in total. The monoisotopic (exact) mass is 444 g/mol. The van der Waals surface area contributed by atoms with Crippen molar-refractivity contribution in [3.8, 4) is 0 Å². The molecule has 0 bridgehead atoms. The summed E-state index contributed by atoms with van der Waals surface area (Å²) >= 11 is 0. The lowest BCUT2D eigenvalue weighted by Crippen LogP contribution is -2.44. The van der Waals surface area contributed by atoms with Gasteiger partial charge in [-0.05, 0) is 54.8 Å². The number of aryl methyl sites for hydroxylation is 3. The minimum absolute atomic E-state index is 0.0417. The zero-order chi connectivity index (χ0) is 23.8. The van der Waals surface area contributed by atoms with Gasteiger partial charge in [-0.15, -0.1) is 6.58 Å². The molecule has 0 saturated carbocycles. The standard InChI is InChI=1S/C27H32N4O2/c1-5-15-30(27(33)28-24-14-13-21(2)22(3)17-24)20-26(32)31(18-23-10-7-6-8-11-23)19-25-12-9-16-29(25)4/h5-14,16-17H,1,15,18-20H2,2-4H3,(H,28,33). The molecule has 1 aromatic heterocycles. The highest BCUT2D eigenvalue weighted by Crippen LogP contribution is 2.16. The lowest BCUT2D eigenvalue weighted by molar-refractivity contribution is -0.133. The normalized spacial score (nSPS) is 10.5. The van der Waals surface area contributed by atoms with E-state index in [-0.39, 0.29) is 25.0 Å². The average molecular weight is 445 g/mol. The highest BCUT2D eigenvalue weighted by molar-refractivity contribution is 5.92. The highest BCUT2D eigenvalue weighted by Gasteiger charge is 2.22. The summed E-state index contributed by atoms with van der Waals surface area (Å²) in [5.74, 6) is -0.128. The van der Waals surface area contributed by atoms with Crippen molar-refractivity contribution >= 4 is 17.6 Å². The first-order chi connectivity index (χ1) is 15.9. The van der Waals surface area contributed by atoms with E-state index in [0.717, 1.165) is 22.4 Å². The van der Waals surface area contributed by atoms with E-state index >= 15 is 0 Å². The lowest BCUT2D eigenvalue weighted by Gasteiger charge is -2.27. The maximum atomic E-state index is 13.4. The van der Waals surface area contributed by atoms with Gasteiger partial charge in [0.15, 0.2) is 0 Å². The van der Waals surface area contributed by atoms with Crippen LogP contribution in [0.2, 0.25) is 0 Å². The fourth-order valence-corrected chi connectivity index (χ4v) is 3.55. The quantitative estimate of drug-likeness (QED) is 0.478. The van der Waals surface area contributed by atoms with Gasteiger partial charge in [0.25, 0.3) is 0 Å². The largest absolute Gasteiger partial charge is 0.353 e. The van der Waals surface area contributed by atoms with Gasteiger partial charge in [-0.3, -0.25) is 4.79 Å². The minimum atomic E-state index is -0.329. The molecule has 0 spiro atoms. The number of benzene rings is 2. The van der Waals surface area contributed by atoms with Crippen LogP contribution in [-0.2, 0) is 24.9 Å². The van der Waals surface area contributed by atoms with E-state index < -0.39 is 0 Å². The molecule has 0 saturated heterocycles. The second kappa shape index (κ2) is 11.2. The zero-order valence-corrected chi connectivity index (χ0v) is 19.6. The number of carbonyl (C=O) groups excluding carboxylic acids is 2. The molecule has 1 heterocycles. The van der Waals surface area contributed by atoms with Crippen LogP contribution in [0.15, 0.2) is 79.5 Å². The van der Waals surface area contributed by atoms with Crippen LogP contribution in [0.3, 0.4) is 0 Å². The molecule has 0 aliphatic rings. The maximum absolute atomic E-state index is 13.4. The highest BCUT2D eigenvalue weighted by atomic mass is 16.2. The number of urea groups is 1. The molecule has 0 atom stereocenters. The summed E-state index contributed by atoms with van der Waals surface area (Å²) in [5, 5.41) is 2.91. The Kier molecular flexibility index (Phi) is 8.08. The minimum Gasteiger partial charge on any atom is -0.353 e. The van der Waals surface area contributed by atoms with E-state index in [4.69, 9.17) is 0 Å².